The summed E-state index contributed by atoms with van der Waals surface area (Å²) in [5.74, 6) is 0.731. The van der Waals surface area contributed by atoms with Crippen LogP contribution in [0.15, 0.2) is 29.2 Å². The van der Waals surface area contributed by atoms with E-state index >= 15 is 0 Å². The average molecular weight is 256 g/mol. The SMILES string of the molecule is CNC1CCC(Sc2cccc(Cl)c2)C1C. The molecule has 1 fully saturated rings. The van der Waals surface area contributed by atoms with Crippen LogP contribution in [0.5, 0.6) is 0 Å². The molecule has 3 atom stereocenters. The van der Waals surface area contributed by atoms with E-state index in [1.165, 1.54) is 17.7 Å². The number of benzene rings is 1. The van der Waals surface area contributed by atoms with Crippen LogP contribution in [0.3, 0.4) is 0 Å². The third kappa shape index (κ3) is 2.73. The Labute approximate surface area is 107 Å². The average Bonchev–Trinajstić information content (AvgIpc) is 2.60. The van der Waals surface area contributed by atoms with Gasteiger partial charge >= 0.3 is 0 Å². The van der Waals surface area contributed by atoms with E-state index in [0.29, 0.717) is 6.04 Å². The van der Waals surface area contributed by atoms with Gasteiger partial charge in [0.25, 0.3) is 0 Å². The lowest BCUT2D eigenvalue weighted by molar-refractivity contribution is 0.464. The van der Waals surface area contributed by atoms with Crippen molar-refractivity contribution in [1.82, 2.24) is 5.32 Å². The maximum Gasteiger partial charge on any atom is 0.0417 e. The predicted molar refractivity (Wildman–Crippen MR) is 72.3 cm³/mol. The second-order valence-electron chi connectivity index (χ2n) is 4.45. The predicted octanol–water partition coefficient (Wildman–Crippen LogP) is 3.82. The first-order valence-electron chi connectivity index (χ1n) is 5.80. The first kappa shape index (κ1) is 12.3. The largest absolute Gasteiger partial charge is 0.317 e. The van der Waals surface area contributed by atoms with Crippen molar-refractivity contribution in [3.05, 3.63) is 29.3 Å². The van der Waals surface area contributed by atoms with Crippen LogP contribution < -0.4 is 5.32 Å². The molecule has 88 valence electrons. The molecule has 1 aliphatic rings. The van der Waals surface area contributed by atoms with E-state index in [2.05, 4.69) is 31.4 Å². The van der Waals surface area contributed by atoms with Crippen LogP contribution in [0.2, 0.25) is 5.02 Å². The van der Waals surface area contributed by atoms with E-state index in [1.54, 1.807) is 0 Å². The van der Waals surface area contributed by atoms with E-state index < -0.39 is 0 Å². The highest BCUT2D eigenvalue weighted by Gasteiger charge is 2.32. The Hall–Kier alpha value is -0.180. The molecule has 3 heteroatoms. The Morgan fingerprint density at radius 1 is 1.38 bits per heavy atom. The van der Waals surface area contributed by atoms with Crippen LogP contribution in [0.1, 0.15) is 19.8 Å². The van der Waals surface area contributed by atoms with Gasteiger partial charge in [0.15, 0.2) is 0 Å². The van der Waals surface area contributed by atoms with Crippen LogP contribution in [0.4, 0.5) is 0 Å². The fourth-order valence-electron chi connectivity index (χ4n) is 2.42. The molecule has 0 amide bonds. The zero-order chi connectivity index (χ0) is 11.5. The van der Waals surface area contributed by atoms with E-state index in [1.807, 2.05) is 23.9 Å². The van der Waals surface area contributed by atoms with Crippen molar-refractivity contribution in [3.63, 3.8) is 0 Å². The molecule has 0 aromatic heterocycles. The molecule has 1 aromatic carbocycles. The molecule has 16 heavy (non-hydrogen) atoms. The van der Waals surface area contributed by atoms with Crippen LogP contribution in [-0.4, -0.2) is 18.3 Å². The van der Waals surface area contributed by atoms with E-state index in [-0.39, 0.29) is 0 Å². The van der Waals surface area contributed by atoms with Crippen LogP contribution >= 0.6 is 23.4 Å². The molecular weight excluding hydrogens is 238 g/mol. The molecule has 0 bridgehead atoms. The summed E-state index contributed by atoms with van der Waals surface area (Å²) >= 11 is 7.97. The summed E-state index contributed by atoms with van der Waals surface area (Å²) in [7, 11) is 2.06. The quantitative estimate of drug-likeness (QED) is 0.881. The zero-order valence-electron chi connectivity index (χ0n) is 9.74. The van der Waals surface area contributed by atoms with Crippen molar-refractivity contribution >= 4 is 23.4 Å². The van der Waals surface area contributed by atoms with Gasteiger partial charge in [0.2, 0.25) is 0 Å². The first-order valence-corrected chi connectivity index (χ1v) is 7.06. The zero-order valence-corrected chi connectivity index (χ0v) is 11.3. The Morgan fingerprint density at radius 3 is 2.81 bits per heavy atom. The first-order chi connectivity index (χ1) is 7.70. The molecule has 1 nitrogen and oxygen atoms in total. The number of hydrogen-bond donors (Lipinski definition) is 1. The van der Waals surface area contributed by atoms with E-state index in [9.17, 15) is 0 Å². The highest BCUT2D eigenvalue weighted by atomic mass is 35.5. The van der Waals surface area contributed by atoms with Crippen LogP contribution in [0.25, 0.3) is 0 Å². The minimum atomic E-state index is 0.677. The van der Waals surface area contributed by atoms with Gasteiger partial charge in [0.1, 0.15) is 0 Å². The molecule has 3 unspecified atom stereocenters. The molecule has 1 aromatic rings. The molecule has 0 heterocycles. The fourth-order valence-corrected chi connectivity index (χ4v) is 4.03. The second kappa shape index (κ2) is 5.44. The Bertz CT molecular complexity index is 356. The van der Waals surface area contributed by atoms with Gasteiger partial charge in [-0.25, -0.2) is 0 Å². The van der Waals surface area contributed by atoms with Crippen molar-refractivity contribution in [2.24, 2.45) is 5.92 Å². The molecule has 0 saturated heterocycles. The standard InChI is InChI=1S/C13H18ClNS/c1-9-12(15-2)6-7-13(9)16-11-5-3-4-10(14)8-11/h3-5,8-9,12-13,15H,6-7H2,1-2H3. The summed E-state index contributed by atoms with van der Waals surface area (Å²) in [5.41, 5.74) is 0. The number of rotatable bonds is 3. The summed E-state index contributed by atoms with van der Waals surface area (Å²) in [5, 5.41) is 4.95. The topological polar surface area (TPSA) is 12.0 Å². The van der Waals surface area contributed by atoms with Gasteiger partial charge in [-0.05, 0) is 44.0 Å². The van der Waals surface area contributed by atoms with Crippen molar-refractivity contribution in [2.75, 3.05) is 7.05 Å². The summed E-state index contributed by atoms with van der Waals surface area (Å²) in [6, 6.07) is 8.85. The van der Waals surface area contributed by atoms with E-state index in [0.717, 1.165) is 16.2 Å². The number of nitrogens with one attached hydrogen (secondary N) is 1. The molecule has 0 aliphatic heterocycles. The maximum atomic E-state index is 6.00. The Morgan fingerprint density at radius 2 is 2.19 bits per heavy atom. The normalized spacial score (nSPS) is 29.6. The number of thioether (sulfide) groups is 1. The van der Waals surface area contributed by atoms with Gasteiger partial charge < -0.3 is 5.32 Å². The molecule has 1 aliphatic carbocycles. The highest BCUT2D eigenvalue weighted by molar-refractivity contribution is 8.00. The second-order valence-corrected chi connectivity index (χ2v) is 6.19. The summed E-state index contributed by atoms with van der Waals surface area (Å²) in [6.45, 7) is 2.34. The van der Waals surface area contributed by atoms with E-state index in [4.69, 9.17) is 11.6 Å². The van der Waals surface area contributed by atoms with Gasteiger partial charge in [-0.15, -0.1) is 11.8 Å². The van der Waals surface area contributed by atoms with Gasteiger partial charge in [-0.2, -0.15) is 0 Å². The van der Waals surface area contributed by atoms with Crippen molar-refractivity contribution in [1.29, 1.82) is 0 Å². The smallest absolute Gasteiger partial charge is 0.0417 e. The lowest BCUT2D eigenvalue weighted by Crippen LogP contribution is -2.29. The highest BCUT2D eigenvalue weighted by Crippen LogP contribution is 2.39. The molecule has 1 saturated carbocycles. The van der Waals surface area contributed by atoms with Crippen molar-refractivity contribution in [3.8, 4) is 0 Å². The fraction of sp³-hybridized carbons (Fsp3) is 0.538. The number of halogens is 1. The van der Waals surface area contributed by atoms with Gasteiger partial charge in [-0.3, -0.25) is 0 Å². The minimum Gasteiger partial charge on any atom is -0.317 e. The van der Waals surface area contributed by atoms with Crippen LogP contribution in [0, 0.1) is 5.92 Å². The molecule has 2 rings (SSSR count). The van der Waals surface area contributed by atoms with Gasteiger partial charge in [-0.1, -0.05) is 24.6 Å². The summed E-state index contributed by atoms with van der Waals surface area (Å²) in [6.07, 6.45) is 2.58. The van der Waals surface area contributed by atoms with Crippen LogP contribution in [-0.2, 0) is 0 Å². The third-order valence-corrected chi connectivity index (χ3v) is 5.17. The molecular formula is C13H18ClNS. The monoisotopic (exact) mass is 255 g/mol. The van der Waals surface area contributed by atoms with Gasteiger partial charge in [0.05, 0.1) is 0 Å². The third-order valence-electron chi connectivity index (χ3n) is 3.44. The lowest BCUT2D eigenvalue weighted by atomic mass is 10.1. The Kier molecular flexibility index (Phi) is 4.17. The molecule has 0 spiro atoms. The maximum absolute atomic E-state index is 6.00. The van der Waals surface area contributed by atoms with Crippen molar-refractivity contribution in [2.45, 2.75) is 36.0 Å². The van der Waals surface area contributed by atoms with Gasteiger partial charge in [0, 0.05) is 21.2 Å². The number of hydrogen-bond acceptors (Lipinski definition) is 2. The lowest BCUT2D eigenvalue weighted by Gasteiger charge is -2.19. The molecule has 0 radical (unpaired) electrons. The van der Waals surface area contributed by atoms with Crippen molar-refractivity contribution < 1.29 is 0 Å². The molecule has 1 N–H and O–H groups in total. The Balaban J connectivity index is 2.00. The summed E-state index contributed by atoms with van der Waals surface area (Å²) < 4.78 is 0. The minimum absolute atomic E-state index is 0.677. The summed E-state index contributed by atoms with van der Waals surface area (Å²) in [4.78, 5) is 1.29.